The van der Waals surface area contributed by atoms with Gasteiger partial charge < -0.3 is 24.8 Å². The molecule has 4 rings (SSSR count). The Kier molecular flexibility index (Phi) is 7.75. The number of likely N-dealkylation sites (tertiary alicyclic amines) is 1. The summed E-state index contributed by atoms with van der Waals surface area (Å²) >= 11 is 0. The average molecular weight is 534 g/mol. The third kappa shape index (κ3) is 6.48. The van der Waals surface area contributed by atoms with Crippen molar-refractivity contribution in [1.82, 2.24) is 19.3 Å². The van der Waals surface area contributed by atoms with Crippen LogP contribution in [0, 0.1) is 0 Å². The maximum atomic E-state index is 13.1. The molecule has 4 heterocycles. The molecule has 0 saturated carbocycles. The van der Waals surface area contributed by atoms with Crippen molar-refractivity contribution in [1.29, 1.82) is 0 Å². The van der Waals surface area contributed by atoms with Crippen molar-refractivity contribution >= 4 is 23.2 Å². The molecule has 1 aliphatic rings. The highest BCUT2D eigenvalue weighted by atomic mass is 19.4. The predicted octanol–water partition coefficient (Wildman–Crippen LogP) is 4.27. The number of carbonyl (C=O) groups is 2. The number of anilines is 1. The molecule has 1 fully saturated rings. The Bertz CT molecular complexity index is 1320. The normalized spacial score (nSPS) is 15.6. The number of rotatable bonds is 8. The number of aliphatic hydroxyl groups is 1. The van der Waals surface area contributed by atoms with Gasteiger partial charge in [-0.15, -0.1) is 0 Å². The lowest BCUT2D eigenvalue weighted by molar-refractivity contribution is -0.141. The molecule has 3 N–H and O–H groups in total. The smallest absolute Gasteiger partial charge is 0.433 e. The number of carboxylic acid groups (broad SMARTS) is 1. The van der Waals surface area contributed by atoms with Crippen molar-refractivity contribution in [2.24, 2.45) is 0 Å². The fraction of sp³-hybridized carbons (Fsp3) is 0.462. The number of imidazole rings is 1. The molecule has 12 heteroatoms. The Morgan fingerprint density at radius 3 is 2.47 bits per heavy atom. The number of amides is 1. The minimum Gasteiger partial charge on any atom is -0.481 e. The molecule has 0 spiro atoms. The van der Waals surface area contributed by atoms with Crippen molar-refractivity contribution in [3.05, 3.63) is 59.3 Å². The standard InChI is InChI=1S/C26H30F3N5O4/c1-25(2,38)17-13-22-31-19(16-8-11-33(12-9-16)10-4-7-23(35)36)14-34(22)15-20(17)32-24(37)18-5-3-6-21(30-18)26(27,28)29/h3,5-6,13-16,38H,4,7-12H2,1-2H3,(H,32,37)(H,35,36). The number of carboxylic acids is 1. The zero-order valence-corrected chi connectivity index (χ0v) is 21.1. The first-order chi connectivity index (χ1) is 17.8. The topological polar surface area (TPSA) is 120 Å². The quantitative estimate of drug-likeness (QED) is 0.396. The van der Waals surface area contributed by atoms with E-state index >= 15 is 0 Å². The first-order valence-electron chi connectivity index (χ1n) is 12.4. The van der Waals surface area contributed by atoms with E-state index in [1.165, 1.54) is 6.07 Å². The average Bonchev–Trinajstić information content (AvgIpc) is 3.26. The highest BCUT2D eigenvalue weighted by Gasteiger charge is 2.33. The van der Waals surface area contributed by atoms with Crippen LogP contribution in [0.25, 0.3) is 5.65 Å². The molecule has 38 heavy (non-hydrogen) atoms. The van der Waals surface area contributed by atoms with Crippen LogP contribution in [0.1, 0.15) is 72.9 Å². The first-order valence-corrected chi connectivity index (χ1v) is 12.4. The second-order valence-corrected chi connectivity index (χ2v) is 10.1. The lowest BCUT2D eigenvalue weighted by atomic mass is 9.94. The molecule has 0 aromatic carbocycles. The lowest BCUT2D eigenvalue weighted by Gasteiger charge is -2.31. The van der Waals surface area contributed by atoms with Crippen LogP contribution >= 0.6 is 0 Å². The second-order valence-electron chi connectivity index (χ2n) is 10.1. The molecule has 0 atom stereocenters. The number of nitrogens with one attached hydrogen (secondary N) is 1. The Balaban J connectivity index is 1.54. The van der Waals surface area contributed by atoms with E-state index in [4.69, 9.17) is 10.1 Å². The van der Waals surface area contributed by atoms with Crippen molar-refractivity contribution in [2.45, 2.75) is 57.2 Å². The van der Waals surface area contributed by atoms with Crippen molar-refractivity contribution in [3.8, 4) is 0 Å². The Morgan fingerprint density at radius 1 is 1.13 bits per heavy atom. The van der Waals surface area contributed by atoms with Crippen molar-refractivity contribution in [3.63, 3.8) is 0 Å². The SMILES string of the molecule is CC(C)(O)c1cc2nc(C3CCN(CCCC(=O)O)CC3)cn2cc1NC(=O)c1cccc(C(F)(F)F)n1. The van der Waals surface area contributed by atoms with Gasteiger partial charge in [0, 0.05) is 30.3 Å². The van der Waals surface area contributed by atoms with Gasteiger partial charge in [0.05, 0.1) is 17.0 Å². The zero-order chi connectivity index (χ0) is 27.7. The van der Waals surface area contributed by atoms with Crippen LogP contribution in [0.4, 0.5) is 18.9 Å². The van der Waals surface area contributed by atoms with E-state index in [1.807, 2.05) is 6.20 Å². The van der Waals surface area contributed by atoms with Gasteiger partial charge in [0.2, 0.25) is 0 Å². The molecular formula is C26H30F3N5O4. The minimum atomic E-state index is -4.69. The van der Waals surface area contributed by atoms with Gasteiger partial charge in [0.15, 0.2) is 0 Å². The van der Waals surface area contributed by atoms with Crippen molar-refractivity contribution < 1.29 is 33.0 Å². The number of piperidine rings is 1. The summed E-state index contributed by atoms with van der Waals surface area (Å²) in [7, 11) is 0. The number of nitrogens with zero attached hydrogens (tertiary/aromatic N) is 4. The van der Waals surface area contributed by atoms with Crippen molar-refractivity contribution in [2.75, 3.05) is 25.0 Å². The number of halogens is 3. The van der Waals surface area contributed by atoms with Gasteiger partial charge in [0.1, 0.15) is 17.0 Å². The van der Waals surface area contributed by atoms with E-state index < -0.39 is 35.0 Å². The van der Waals surface area contributed by atoms with E-state index in [9.17, 15) is 27.9 Å². The Labute approximate surface area is 217 Å². The van der Waals surface area contributed by atoms with Crippen LogP contribution in [-0.2, 0) is 16.6 Å². The molecule has 204 valence electrons. The molecule has 9 nitrogen and oxygen atoms in total. The molecule has 1 amide bonds. The fourth-order valence-corrected chi connectivity index (χ4v) is 4.67. The van der Waals surface area contributed by atoms with E-state index in [0.29, 0.717) is 17.6 Å². The van der Waals surface area contributed by atoms with E-state index in [0.717, 1.165) is 50.3 Å². The molecule has 1 saturated heterocycles. The molecule has 0 radical (unpaired) electrons. The summed E-state index contributed by atoms with van der Waals surface area (Å²) < 4.78 is 40.9. The predicted molar refractivity (Wildman–Crippen MR) is 133 cm³/mol. The third-order valence-corrected chi connectivity index (χ3v) is 6.66. The summed E-state index contributed by atoms with van der Waals surface area (Å²) in [5.74, 6) is -1.43. The third-order valence-electron chi connectivity index (χ3n) is 6.66. The van der Waals surface area contributed by atoms with Crippen LogP contribution in [-0.4, -0.2) is 61.0 Å². The second kappa shape index (κ2) is 10.7. The zero-order valence-electron chi connectivity index (χ0n) is 21.1. The molecule has 3 aromatic rings. The molecular weight excluding hydrogens is 503 g/mol. The number of aliphatic carboxylic acids is 1. The lowest BCUT2D eigenvalue weighted by Crippen LogP contribution is -2.34. The van der Waals surface area contributed by atoms with Gasteiger partial charge in [-0.3, -0.25) is 9.59 Å². The fourth-order valence-electron chi connectivity index (χ4n) is 4.67. The Morgan fingerprint density at radius 2 is 1.84 bits per heavy atom. The number of alkyl halides is 3. The monoisotopic (exact) mass is 533 g/mol. The Hall–Kier alpha value is -3.51. The largest absolute Gasteiger partial charge is 0.481 e. The van der Waals surface area contributed by atoms with Crippen LogP contribution in [0.3, 0.4) is 0 Å². The molecule has 0 bridgehead atoms. The maximum Gasteiger partial charge on any atom is 0.433 e. The van der Waals surface area contributed by atoms with Gasteiger partial charge >= 0.3 is 12.1 Å². The number of carbonyl (C=O) groups excluding carboxylic acids is 1. The molecule has 1 aliphatic heterocycles. The summed E-state index contributed by atoms with van der Waals surface area (Å²) in [6.07, 6.45) is 1.24. The first kappa shape index (κ1) is 27.5. The summed E-state index contributed by atoms with van der Waals surface area (Å²) in [5.41, 5.74) is -0.934. The van der Waals surface area contributed by atoms with Crippen LogP contribution < -0.4 is 5.32 Å². The highest BCUT2D eigenvalue weighted by molar-refractivity contribution is 6.03. The summed E-state index contributed by atoms with van der Waals surface area (Å²) in [6, 6.07) is 4.75. The van der Waals surface area contributed by atoms with Crippen LogP contribution in [0.5, 0.6) is 0 Å². The number of fused-ring (bicyclic) bond motifs is 1. The van der Waals surface area contributed by atoms with Gasteiger partial charge in [-0.05, 0) is 70.9 Å². The highest BCUT2D eigenvalue weighted by Crippen LogP contribution is 2.33. The molecule has 0 unspecified atom stereocenters. The van der Waals surface area contributed by atoms with Gasteiger partial charge in [-0.25, -0.2) is 9.97 Å². The van der Waals surface area contributed by atoms with E-state index in [2.05, 4.69) is 15.2 Å². The number of hydrogen-bond acceptors (Lipinski definition) is 6. The van der Waals surface area contributed by atoms with E-state index in [-0.39, 0.29) is 18.0 Å². The number of pyridine rings is 2. The summed E-state index contributed by atoms with van der Waals surface area (Å²) in [6.45, 7) is 5.49. The van der Waals surface area contributed by atoms with Gasteiger partial charge in [0.25, 0.3) is 5.91 Å². The number of hydrogen-bond donors (Lipinski definition) is 3. The van der Waals surface area contributed by atoms with Gasteiger partial charge in [-0.2, -0.15) is 13.2 Å². The molecule has 0 aliphatic carbocycles. The number of aromatic nitrogens is 3. The molecule has 3 aromatic heterocycles. The maximum absolute atomic E-state index is 13.1. The van der Waals surface area contributed by atoms with Gasteiger partial charge in [-0.1, -0.05) is 6.07 Å². The summed E-state index contributed by atoms with van der Waals surface area (Å²) in [5, 5.41) is 22.2. The summed E-state index contributed by atoms with van der Waals surface area (Å²) in [4.78, 5) is 34.0. The van der Waals surface area contributed by atoms with E-state index in [1.54, 1.807) is 30.5 Å². The minimum absolute atomic E-state index is 0.151. The van der Waals surface area contributed by atoms with Crippen LogP contribution in [0.2, 0.25) is 0 Å². The van der Waals surface area contributed by atoms with Crippen LogP contribution in [0.15, 0.2) is 36.7 Å².